The first kappa shape index (κ1) is 12.1. The van der Waals surface area contributed by atoms with Crippen molar-refractivity contribution in [2.45, 2.75) is 45.2 Å². The first-order valence-corrected chi connectivity index (χ1v) is 6.41. The molecule has 0 saturated carbocycles. The maximum Gasteiger partial charge on any atom is 0.0949 e. The summed E-state index contributed by atoms with van der Waals surface area (Å²) in [6.45, 7) is 2.81. The van der Waals surface area contributed by atoms with Crippen LogP contribution in [0.25, 0.3) is 0 Å². The summed E-state index contributed by atoms with van der Waals surface area (Å²) >= 11 is 0. The van der Waals surface area contributed by atoms with Crippen LogP contribution in [0.4, 0.5) is 0 Å². The monoisotopic (exact) mass is 228 g/mol. The van der Waals surface area contributed by atoms with Gasteiger partial charge in [-0.3, -0.25) is 4.90 Å². The number of benzene rings is 1. The van der Waals surface area contributed by atoms with Gasteiger partial charge in [-0.1, -0.05) is 18.2 Å². The molecule has 0 bridgehead atoms. The quantitative estimate of drug-likeness (QED) is 0.795. The summed E-state index contributed by atoms with van der Waals surface area (Å²) in [7, 11) is 2.01. The van der Waals surface area contributed by atoms with Crippen LogP contribution >= 0.6 is 0 Å². The Kier molecular flexibility index (Phi) is 3.81. The predicted octanol–water partition coefficient (Wildman–Crippen LogP) is 2.91. The van der Waals surface area contributed by atoms with Crippen LogP contribution in [0.1, 0.15) is 36.5 Å². The number of hydrogen-bond donors (Lipinski definition) is 0. The molecule has 0 amide bonds. The van der Waals surface area contributed by atoms with Gasteiger partial charge in [-0.25, -0.2) is 0 Å². The lowest BCUT2D eigenvalue weighted by Crippen LogP contribution is -2.27. The van der Waals surface area contributed by atoms with Crippen molar-refractivity contribution in [2.75, 3.05) is 7.05 Å². The highest BCUT2D eigenvalue weighted by molar-refractivity contribution is 5.33. The third kappa shape index (κ3) is 2.87. The van der Waals surface area contributed by atoms with Crippen molar-refractivity contribution in [1.82, 2.24) is 4.90 Å². The van der Waals surface area contributed by atoms with E-state index in [9.17, 15) is 0 Å². The minimum Gasteiger partial charge on any atom is -0.287 e. The lowest BCUT2D eigenvalue weighted by molar-refractivity contribution is 0.294. The molecule has 0 heterocycles. The molecule has 0 saturated heterocycles. The van der Waals surface area contributed by atoms with Crippen LogP contribution < -0.4 is 0 Å². The lowest BCUT2D eigenvalue weighted by atomic mass is 9.90. The van der Waals surface area contributed by atoms with Gasteiger partial charge in [-0.15, -0.1) is 0 Å². The van der Waals surface area contributed by atoms with Gasteiger partial charge in [-0.2, -0.15) is 5.26 Å². The zero-order valence-electron chi connectivity index (χ0n) is 10.7. The Morgan fingerprint density at radius 1 is 1.29 bits per heavy atom. The van der Waals surface area contributed by atoms with E-state index in [2.05, 4.69) is 29.2 Å². The van der Waals surface area contributed by atoms with E-state index in [1.54, 1.807) is 0 Å². The van der Waals surface area contributed by atoms with Crippen molar-refractivity contribution in [2.24, 2.45) is 0 Å². The third-order valence-electron chi connectivity index (χ3n) is 3.69. The highest BCUT2D eigenvalue weighted by Gasteiger charge is 2.12. The van der Waals surface area contributed by atoms with Crippen molar-refractivity contribution >= 4 is 0 Å². The third-order valence-corrected chi connectivity index (χ3v) is 3.69. The molecule has 90 valence electrons. The maximum atomic E-state index is 8.88. The summed E-state index contributed by atoms with van der Waals surface area (Å²) in [5, 5.41) is 8.88. The Bertz CT molecular complexity index is 431. The summed E-state index contributed by atoms with van der Waals surface area (Å²) in [6, 6.07) is 9.07. The Balaban J connectivity index is 2.10. The van der Waals surface area contributed by atoms with E-state index in [-0.39, 0.29) is 6.04 Å². The number of nitrogens with zero attached hydrogens (tertiary/aromatic N) is 2. The summed E-state index contributed by atoms with van der Waals surface area (Å²) in [5.41, 5.74) is 4.37. The van der Waals surface area contributed by atoms with Crippen molar-refractivity contribution in [3.8, 4) is 6.07 Å². The SMILES string of the molecule is CC(C#N)N(C)Cc1ccc2c(c1)CCCC2. The van der Waals surface area contributed by atoms with E-state index in [4.69, 9.17) is 5.26 Å². The van der Waals surface area contributed by atoms with Crippen LogP contribution in [-0.2, 0) is 19.4 Å². The van der Waals surface area contributed by atoms with Crippen LogP contribution in [0.2, 0.25) is 0 Å². The molecule has 1 aliphatic rings. The molecule has 1 unspecified atom stereocenters. The largest absolute Gasteiger partial charge is 0.287 e. The van der Waals surface area contributed by atoms with Gasteiger partial charge in [0.2, 0.25) is 0 Å². The molecule has 2 heteroatoms. The number of aryl methyl sites for hydroxylation is 2. The second kappa shape index (κ2) is 5.33. The Morgan fingerprint density at radius 2 is 2.00 bits per heavy atom. The second-order valence-corrected chi connectivity index (χ2v) is 5.03. The van der Waals surface area contributed by atoms with E-state index >= 15 is 0 Å². The van der Waals surface area contributed by atoms with E-state index in [1.807, 2.05) is 14.0 Å². The van der Waals surface area contributed by atoms with Gasteiger partial charge in [0.25, 0.3) is 0 Å². The molecule has 2 nitrogen and oxygen atoms in total. The smallest absolute Gasteiger partial charge is 0.0949 e. The minimum absolute atomic E-state index is 0.0222. The van der Waals surface area contributed by atoms with E-state index < -0.39 is 0 Å². The molecule has 2 rings (SSSR count). The van der Waals surface area contributed by atoms with Crippen molar-refractivity contribution in [3.63, 3.8) is 0 Å². The molecule has 1 aromatic rings. The summed E-state index contributed by atoms with van der Waals surface area (Å²) in [4.78, 5) is 2.09. The zero-order chi connectivity index (χ0) is 12.3. The van der Waals surface area contributed by atoms with Crippen LogP contribution in [0, 0.1) is 11.3 Å². The molecule has 17 heavy (non-hydrogen) atoms. The molecule has 1 atom stereocenters. The predicted molar refractivity (Wildman–Crippen MR) is 69.6 cm³/mol. The van der Waals surface area contributed by atoms with Gasteiger partial charge in [0.1, 0.15) is 0 Å². The standard InChI is InChI=1S/C15H20N2/c1-12(10-16)17(2)11-13-7-8-14-5-3-4-6-15(14)9-13/h7-9,12H,3-6,11H2,1-2H3. The normalized spacial score (nSPS) is 16.4. The number of fused-ring (bicyclic) bond motifs is 1. The highest BCUT2D eigenvalue weighted by Crippen LogP contribution is 2.22. The summed E-state index contributed by atoms with van der Waals surface area (Å²) in [6.07, 6.45) is 5.11. The maximum absolute atomic E-state index is 8.88. The summed E-state index contributed by atoms with van der Waals surface area (Å²) in [5.74, 6) is 0. The van der Waals surface area contributed by atoms with Gasteiger partial charge < -0.3 is 0 Å². The van der Waals surface area contributed by atoms with Gasteiger partial charge in [0, 0.05) is 6.54 Å². The molecule has 0 aromatic heterocycles. The van der Waals surface area contributed by atoms with Crippen LogP contribution in [-0.4, -0.2) is 18.0 Å². The van der Waals surface area contributed by atoms with Crippen molar-refractivity contribution in [1.29, 1.82) is 5.26 Å². The molecule has 0 radical (unpaired) electrons. The van der Waals surface area contributed by atoms with Gasteiger partial charge in [0.15, 0.2) is 0 Å². The molecule has 1 aromatic carbocycles. The Labute approximate surface area is 104 Å². The number of hydrogen-bond acceptors (Lipinski definition) is 2. The van der Waals surface area contributed by atoms with Gasteiger partial charge in [-0.05, 0) is 56.3 Å². The topological polar surface area (TPSA) is 27.0 Å². The van der Waals surface area contributed by atoms with Crippen molar-refractivity contribution < 1.29 is 0 Å². The average Bonchev–Trinajstić information content (AvgIpc) is 2.37. The molecule has 1 aliphatic carbocycles. The van der Waals surface area contributed by atoms with Gasteiger partial charge in [0.05, 0.1) is 12.1 Å². The zero-order valence-corrected chi connectivity index (χ0v) is 10.7. The van der Waals surface area contributed by atoms with E-state index in [1.165, 1.54) is 42.4 Å². The Hall–Kier alpha value is -1.33. The van der Waals surface area contributed by atoms with Crippen LogP contribution in [0.15, 0.2) is 18.2 Å². The summed E-state index contributed by atoms with van der Waals surface area (Å²) < 4.78 is 0. The van der Waals surface area contributed by atoms with Gasteiger partial charge >= 0.3 is 0 Å². The Morgan fingerprint density at radius 3 is 2.71 bits per heavy atom. The van der Waals surface area contributed by atoms with E-state index in [0.29, 0.717) is 0 Å². The fourth-order valence-corrected chi connectivity index (χ4v) is 2.41. The van der Waals surface area contributed by atoms with Crippen molar-refractivity contribution in [3.05, 3.63) is 34.9 Å². The average molecular weight is 228 g/mol. The second-order valence-electron chi connectivity index (χ2n) is 5.03. The number of rotatable bonds is 3. The molecular formula is C15H20N2. The van der Waals surface area contributed by atoms with Crippen LogP contribution in [0.5, 0.6) is 0 Å². The molecule has 0 N–H and O–H groups in total. The first-order valence-electron chi connectivity index (χ1n) is 6.41. The lowest BCUT2D eigenvalue weighted by Gasteiger charge is -2.21. The molecule has 0 spiro atoms. The van der Waals surface area contributed by atoms with Crippen LogP contribution in [0.3, 0.4) is 0 Å². The fourth-order valence-electron chi connectivity index (χ4n) is 2.41. The first-order chi connectivity index (χ1) is 8.20. The number of nitriles is 1. The van der Waals surface area contributed by atoms with E-state index in [0.717, 1.165) is 6.54 Å². The molecule has 0 aliphatic heterocycles. The highest BCUT2D eigenvalue weighted by atomic mass is 15.1. The fraction of sp³-hybridized carbons (Fsp3) is 0.533. The minimum atomic E-state index is -0.0222. The molecular weight excluding hydrogens is 208 g/mol. The molecule has 0 fully saturated rings.